The molecule has 2 N–H and O–H groups in total. The SMILES string of the molecule is Nc1nccc2ccc3ncccc3c12. The lowest BCUT2D eigenvalue weighted by molar-refractivity contribution is 1.37. The van der Waals surface area contributed by atoms with Crippen LogP contribution in [0, 0.1) is 0 Å². The highest BCUT2D eigenvalue weighted by Crippen LogP contribution is 2.26. The van der Waals surface area contributed by atoms with Crippen LogP contribution in [0.2, 0.25) is 0 Å². The third-order valence-electron chi connectivity index (χ3n) is 2.54. The molecule has 0 saturated carbocycles. The summed E-state index contributed by atoms with van der Waals surface area (Å²) in [6.45, 7) is 0. The predicted molar refractivity (Wildman–Crippen MR) is 61.5 cm³/mol. The standard InChI is InChI=1S/C12H9N3/c13-12-11-8(5-7-15-12)3-4-10-9(11)2-1-6-14-10/h1-7H,(H2,13,15). The molecule has 0 unspecified atom stereocenters. The van der Waals surface area contributed by atoms with E-state index >= 15 is 0 Å². The first kappa shape index (κ1) is 8.17. The van der Waals surface area contributed by atoms with Gasteiger partial charge in [-0.25, -0.2) is 4.98 Å². The van der Waals surface area contributed by atoms with Crippen molar-refractivity contribution in [3.63, 3.8) is 0 Å². The number of nitrogen functional groups attached to an aromatic ring is 1. The topological polar surface area (TPSA) is 51.8 Å². The van der Waals surface area contributed by atoms with E-state index in [1.807, 2.05) is 30.3 Å². The molecule has 3 rings (SSSR count). The highest BCUT2D eigenvalue weighted by Gasteiger charge is 2.03. The van der Waals surface area contributed by atoms with Gasteiger partial charge in [-0.05, 0) is 23.6 Å². The Hall–Kier alpha value is -2.16. The van der Waals surface area contributed by atoms with Crippen LogP contribution in [0.4, 0.5) is 5.82 Å². The summed E-state index contributed by atoms with van der Waals surface area (Å²) in [6.07, 6.45) is 3.50. The number of nitrogens with two attached hydrogens (primary N) is 1. The quantitative estimate of drug-likeness (QED) is 0.560. The summed E-state index contributed by atoms with van der Waals surface area (Å²) in [5, 5.41) is 3.15. The lowest BCUT2D eigenvalue weighted by Gasteiger charge is -2.04. The van der Waals surface area contributed by atoms with E-state index in [0.29, 0.717) is 5.82 Å². The van der Waals surface area contributed by atoms with Crippen molar-refractivity contribution in [3.8, 4) is 0 Å². The molecule has 0 fully saturated rings. The Kier molecular flexibility index (Phi) is 1.59. The maximum absolute atomic E-state index is 5.88. The summed E-state index contributed by atoms with van der Waals surface area (Å²) in [6, 6.07) is 9.90. The lowest BCUT2D eigenvalue weighted by Crippen LogP contribution is -1.91. The van der Waals surface area contributed by atoms with Gasteiger partial charge in [0, 0.05) is 23.2 Å². The van der Waals surface area contributed by atoms with E-state index in [4.69, 9.17) is 5.73 Å². The maximum atomic E-state index is 5.88. The van der Waals surface area contributed by atoms with Crippen LogP contribution in [0.25, 0.3) is 21.7 Å². The molecular formula is C12H9N3. The first-order valence-corrected chi connectivity index (χ1v) is 4.74. The van der Waals surface area contributed by atoms with E-state index in [9.17, 15) is 0 Å². The van der Waals surface area contributed by atoms with Gasteiger partial charge in [0.1, 0.15) is 5.82 Å². The van der Waals surface area contributed by atoms with Crippen LogP contribution in [0.3, 0.4) is 0 Å². The third kappa shape index (κ3) is 1.13. The van der Waals surface area contributed by atoms with Gasteiger partial charge in [0.15, 0.2) is 0 Å². The average molecular weight is 195 g/mol. The fourth-order valence-corrected chi connectivity index (χ4v) is 1.86. The van der Waals surface area contributed by atoms with Gasteiger partial charge in [-0.15, -0.1) is 0 Å². The summed E-state index contributed by atoms with van der Waals surface area (Å²) >= 11 is 0. The zero-order valence-electron chi connectivity index (χ0n) is 8.01. The minimum absolute atomic E-state index is 0.561. The molecule has 0 amide bonds. The second-order valence-electron chi connectivity index (χ2n) is 3.43. The molecule has 0 radical (unpaired) electrons. The fraction of sp³-hybridized carbons (Fsp3) is 0. The highest BCUT2D eigenvalue weighted by molar-refractivity contribution is 6.10. The molecule has 0 bridgehead atoms. The van der Waals surface area contributed by atoms with E-state index in [2.05, 4.69) is 9.97 Å². The number of hydrogen-bond donors (Lipinski definition) is 1. The van der Waals surface area contributed by atoms with Gasteiger partial charge in [-0.3, -0.25) is 4.98 Å². The van der Waals surface area contributed by atoms with Crippen molar-refractivity contribution in [1.82, 2.24) is 9.97 Å². The highest BCUT2D eigenvalue weighted by atomic mass is 14.8. The van der Waals surface area contributed by atoms with E-state index in [1.54, 1.807) is 12.4 Å². The van der Waals surface area contributed by atoms with Crippen molar-refractivity contribution in [2.24, 2.45) is 0 Å². The molecule has 0 spiro atoms. The first-order valence-electron chi connectivity index (χ1n) is 4.74. The van der Waals surface area contributed by atoms with Crippen LogP contribution in [0.5, 0.6) is 0 Å². The maximum Gasteiger partial charge on any atom is 0.131 e. The zero-order valence-corrected chi connectivity index (χ0v) is 8.01. The van der Waals surface area contributed by atoms with Crippen molar-refractivity contribution in [2.45, 2.75) is 0 Å². The normalized spacial score (nSPS) is 10.9. The second-order valence-corrected chi connectivity index (χ2v) is 3.43. The smallest absolute Gasteiger partial charge is 0.131 e. The van der Waals surface area contributed by atoms with Crippen LogP contribution in [0.15, 0.2) is 42.7 Å². The molecule has 2 aromatic heterocycles. The van der Waals surface area contributed by atoms with Gasteiger partial charge in [-0.2, -0.15) is 0 Å². The Balaban J connectivity index is 2.64. The number of anilines is 1. The van der Waals surface area contributed by atoms with Gasteiger partial charge >= 0.3 is 0 Å². The molecule has 1 aromatic carbocycles. The van der Waals surface area contributed by atoms with Crippen molar-refractivity contribution in [3.05, 3.63) is 42.7 Å². The Morgan fingerprint density at radius 1 is 0.933 bits per heavy atom. The molecule has 3 nitrogen and oxygen atoms in total. The second kappa shape index (κ2) is 2.92. The summed E-state index contributed by atoms with van der Waals surface area (Å²) in [4.78, 5) is 8.40. The molecule has 72 valence electrons. The first-order chi connectivity index (χ1) is 7.36. The molecule has 3 heteroatoms. The van der Waals surface area contributed by atoms with Crippen LogP contribution in [-0.2, 0) is 0 Å². The van der Waals surface area contributed by atoms with Crippen molar-refractivity contribution in [2.75, 3.05) is 5.73 Å². The number of rotatable bonds is 0. The molecular weight excluding hydrogens is 186 g/mol. The Morgan fingerprint density at radius 3 is 2.80 bits per heavy atom. The number of benzene rings is 1. The van der Waals surface area contributed by atoms with E-state index in [-0.39, 0.29) is 0 Å². The van der Waals surface area contributed by atoms with Gasteiger partial charge in [-0.1, -0.05) is 12.1 Å². The lowest BCUT2D eigenvalue weighted by atomic mass is 10.1. The van der Waals surface area contributed by atoms with Gasteiger partial charge < -0.3 is 5.73 Å². The molecule has 15 heavy (non-hydrogen) atoms. The van der Waals surface area contributed by atoms with Crippen molar-refractivity contribution in [1.29, 1.82) is 0 Å². The third-order valence-corrected chi connectivity index (χ3v) is 2.54. The molecule has 3 aromatic rings. The van der Waals surface area contributed by atoms with Crippen LogP contribution >= 0.6 is 0 Å². The summed E-state index contributed by atoms with van der Waals surface area (Å²) in [5.41, 5.74) is 6.83. The summed E-state index contributed by atoms with van der Waals surface area (Å²) in [5.74, 6) is 0.561. The Morgan fingerprint density at radius 2 is 1.87 bits per heavy atom. The minimum Gasteiger partial charge on any atom is -0.383 e. The predicted octanol–water partition coefficient (Wildman–Crippen LogP) is 2.37. The van der Waals surface area contributed by atoms with Gasteiger partial charge in [0.05, 0.1) is 5.52 Å². The summed E-state index contributed by atoms with van der Waals surface area (Å²) in [7, 11) is 0. The van der Waals surface area contributed by atoms with Gasteiger partial charge in [0.2, 0.25) is 0 Å². The van der Waals surface area contributed by atoms with Crippen molar-refractivity contribution < 1.29 is 0 Å². The monoisotopic (exact) mass is 195 g/mol. The number of nitrogens with zero attached hydrogens (tertiary/aromatic N) is 2. The molecule has 0 aliphatic heterocycles. The summed E-state index contributed by atoms with van der Waals surface area (Å²) < 4.78 is 0. The molecule has 0 saturated heterocycles. The van der Waals surface area contributed by atoms with E-state index in [0.717, 1.165) is 21.7 Å². The van der Waals surface area contributed by atoms with Crippen molar-refractivity contribution >= 4 is 27.5 Å². The molecule has 2 heterocycles. The van der Waals surface area contributed by atoms with E-state index in [1.165, 1.54) is 0 Å². The number of pyridine rings is 2. The molecule has 0 atom stereocenters. The number of hydrogen-bond acceptors (Lipinski definition) is 3. The Bertz CT molecular complexity index is 646. The largest absolute Gasteiger partial charge is 0.383 e. The van der Waals surface area contributed by atoms with Gasteiger partial charge in [0.25, 0.3) is 0 Å². The Labute approximate surface area is 86.6 Å². The fourth-order valence-electron chi connectivity index (χ4n) is 1.86. The van der Waals surface area contributed by atoms with E-state index < -0.39 is 0 Å². The zero-order chi connectivity index (χ0) is 10.3. The molecule has 0 aliphatic rings. The molecule has 0 aliphatic carbocycles. The minimum atomic E-state index is 0.561. The average Bonchev–Trinajstić information content (AvgIpc) is 2.29. The number of aromatic nitrogens is 2. The number of fused-ring (bicyclic) bond motifs is 3. The van der Waals surface area contributed by atoms with Crippen LogP contribution < -0.4 is 5.73 Å². The van der Waals surface area contributed by atoms with Crippen LogP contribution in [0.1, 0.15) is 0 Å². The van der Waals surface area contributed by atoms with Crippen LogP contribution in [-0.4, -0.2) is 9.97 Å².